The average molecular weight is 331 g/mol. The van der Waals surface area contributed by atoms with Crippen LogP contribution in [0.25, 0.3) is 11.2 Å². The second-order valence-electron chi connectivity index (χ2n) is 4.87. The molecule has 0 amide bonds. The molecule has 22 heavy (non-hydrogen) atoms. The van der Waals surface area contributed by atoms with Crippen LogP contribution in [-0.4, -0.2) is 59.8 Å². The quantitative estimate of drug-likeness (QED) is 0.502. The minimum absolute atomic E-state index is 0.151. The van der Waals surface area contributed by atoms with Gasteiger partial charge in [0.05, 0.1) is 6.33 Å². The number of hydrogen-bond acceptors (Lipinski definition) is 9. The van der Waals surface area contributed by atoms with E-state index < -0.39 is 32.3 Å². The van der Waals surface area contributed by atoms with Crippen LogP contribution in [0.3, 0.4) is 0 Å². The van der Waals surface area contributed by atoms with Gasteiger partial charge in [-0.25, -0.2) is 15.0 Å². The molecule has 1 unspecified atom stereocenters. The molecule has 2 aromatic rings. The Morgan fingerprint density at radius 2 is 2.09 bits per heavy atom. The number of nitrogens with two attached hydrogens (primary N) is 1. The van der Waals surface area contributed by atoms with Gasteiger partial charge in [-0.2, -0.15) is 0 Å². The van der Waals surface area contributed by atoms with Crippen LogP contribution in [0.15, 0.2) is 12.7 Å². The van der Waals surface area contributed by atoms with Gasteiger partial charge in [0.25, 0.3) is 0 Å². The van der Waals surface area contributed by atoms with Crippen LogP contribution in [-0.2, 0) is 13.8 Å². The molecule has 5 atom stereocenters. The molecule has 5 N–H and O–H groups in total. The van der Waals surface area contributed by atoms with E-state index in [9.17, 15) is 19.7 Å². The van der Waals surface area contributed by atoms with Gasteiger partial charge in [-0.05, 0) is 0 Å². The fraction of sp³-hybridized carbons (Fsp3) is 0.500. The largest absolute Gasteiger partial charge is 0.385 e. The first-order valence-electron chi connectivity index (χ1n) is 6.21. The van der Waals surface area contributed by atoms with E-state index in [4.69, 9.17) is 15.0 Å². The van der Waals surface area contributed by atoms with Crippen molar-refractivity contribution >= 4 is 24.6 Å². The molecule has 120 valence electrons. The molecule has 3 heterocycles. The molecule has 0 saturated carbocycles. The predicted molar refractivity (Wildman–Crippen MR) is 72.5 cm³/mol. The lowest BCUT2D eigenvalue weighted by Gasteiger charge is -2.17. The van der Waals surface area contributed by atoms with Crippen molar-refractivity contribution in [3.63, 3.8) is 0 Å². The smallest absolute Gasteiger partial charge is 0.327 e. The van der Waals surface area contributed by atoms with Crippen molar-refractivity contribution in [2.75, 3.05) is 12.4 Å². The number of hydrogen-bond donors (Lipinski definition) is 4. The van der Waals surface area contributed by atoms with E-state index in [0.717, 1.165) is 6.66 Å². The molecule has 0 spiro atoms. The van der Waals surface area contributed by atoms with Crippen molar-refractivity contribution < 1.29 is 28.9 Å². The van der Waals surface area contributed by atoms with Gasteiger partial charge >= 0.3 is 7.60 Å². The molecule has 12 heteroatoms. The van der Waals surface area contributed by atoms with Crippen LogP contribution in [0, 0.1) is 0 Å². The van der Waals surface area contributed by atoms with Crippen LogP contribution < -0.4 is 5.73 Å². The fourth-order valence-corrected chi connectivity index (χ4v) is 2.75. The van der Waals surface area contributed by atoms with Crippen molar-refractivity contribution in [2.45, 2.75) is 24.7 Å². The Hall–Kier alpha value is -1.62. The summed E-state index contributed by atoms with van der Waals surface area (Å²) in [7, 11) is -3.90. The van der Waals surface area contributed by atoms with E-state index in [1.54, 1.807) is 0 Å². The number of nitrogen functional groups attached to an aromatic ring is 1. The van der Waals surface area contributed by atoms with E-state index >= 15 is 0 Å². The number of aliphatic hydroxyl groups is 2. The summed E-state index contributed by atoms with van der Waals surface area (Å²) in [5, 5.41) is 20.0. The first-order valence-corrected chi connectivity index (χ1v) is 8.23. The highest BCUT2D eigenvalue weighted by Gasteiger charge is 2.47. The van der Waals surface area contributed by atoms with Gasteiger partial charge in [0.1, 0.15) is 24.1 Å². The van der Waals surface area contributed by atoms with Crippen molar-refractivity contribution in [1.82, 2.24) is 19.5 Å². The Morgan fingerprint density at radius 1 is 1.36 bits per heavy atom. The van der Waals surface area contributed by atoms with Crippen molar-refractivity contribution in [2.24, 2.45) is 0 Å². The average Bonchev–Trinajstić information content (AvgIpc) is 2.95. The highest BCUT2D eigenvalue weighted by Crippen LogP contribution is 2.43. The molecule has 3 rings (SSSR count). The maximum absolute atomic E-state index is 11.3. The minimum atomic E-state index is -3.90. The fourth-order valence-electron chi connectivity index (χ4n) is 2.19. The van der Waals surface area contributed by atoms with Gasteiger partial charge in [0.2, 0.25) is 0 Å². The maximum Gasteiger partial charge on any atom is 0.327 e. The summed E-state index contributed by atoms with van der Waals surface area (Å²) in [4.78, 5) is 21.0. The number of anilines is 1. The topological polar surface area (TPSA) is 166 Å². The third kappa shape index (κ3) is 2.58. The Morgan fingerprint density at radius 3 is 2.77 bits per heavy atom. The molecule has 11 nitrogen and oxygen atoms in total. The van der Waals surface area contributed by atoms with Gasteiger partial charge in [-0.3, -0.25) is 13.7 Å². The summed E-state index contributed by atoms with van der Waals surface area (Å²) < 4.78 is 22.7. The van der Waals surface area contributed by atoms with Gasteiger partial charge in [-0.15, -0.1) is 0 Å². The zero-order valence-corrected chi connectivity index (χ0v) is 12.2. The number of rotatable bonds is 3. The number of nitrogens with zero attached hydrogens (tertiary/aromatic N) is 4. The zero-order valence-electron chi connectivity index (χ0n) is 11.3. The van der Waals surface area contributed by atoms with Gasteiger partial charge in [0.15, 0.2) is 24.0 Å². The lowest BCUT2D eigenvalue weighted by atomic mass is 10.2. The van der Waals surface area contributed by atoms with Crippen LogP contribution in [0.4, 0.5) is 5.82 Å². The van der Waals surface area contributed by atoms with Crippen molar-refractivity contribution in [1.29, 1.82) is 0 Å². The normalized spacial score (nSPS) is 31.5. The first-order chi connectivity index (χ1) is 10.3. The molecule has 0 aliphatic carbocycles. The van der Waals surface area contributed by atoms with Crippen LogP contribution in [0.1, 0.15) is 6.23 Å². The van der Waals surface area contributed by atoms with Crippen LogP contribution in [0.2, 0.25) is 0 Å². The number of aliphatic hydroxyl groups excluding tert-OH is 2. The molecular weight excluding hydrogens is 317 g/mol. The third-order valence-corrected chi connectivity index (χ3v) is 3.75. The molecule has 0 aromatic carbocycles. The van der Waals surface area contributed by atoms with Crippen molar-refractivity contribution in [3.8, 4) is 0 Å². The SMILES string of the molecule is CP(=O)(O)O[C@H]1O[C@@H](n2cnc3c(N)ncnc32)[C@H](O)[C@@H]1O. The van der Waals surface area contributed by atoms with Gasteiger partial charge < -0.3 is 25.6 Å². The highest BCUT2D eigenvalue weighted by atomic mass is 31.2. The highest BCUT2D eigenvalue weighted by molar-refractivity contribution is 7.51. The molecule has 1 fully saturated rings. The minimum Gasteiger partial charge on any atom is -0.385 e. The van der Waals surface area contributed by atoms with Gasteiger partial charge in [0, 0.05) is 6.66 Å². The lowest BCUT2D eigenvalue weighted by molar-refractivity contribution is -0.127. The van der Waals surface area contributed by atoms with Crippen LogP contribution >= 0.6 is 7.60 Å². The Kier molecular flexibility index (Phi) is 3.63. The summed E-state index contributed by atoms with van der Waals surface area (Å²) in [6, 6.07) is 0. The molecule has 2 aromatic heterocycles. The van der Waals surface area contributed by atoms with Crippen molar-refractivity contribution in [3.05, 3.63) is 12.7 Å². The Labute approximate surface area is 123 Å². The van der Waals surface area contributed by atoms with Gasteiger partial charge in [-0.1, -0.05) is 0 Å². The summed E-state index contributed by atoms with van der Waals surface area (Å²) >= 11 is 0. The lowest BCUT2D eigenvalue weighted by Crippen LogP contribution is -2.32. The molecule has 1 aliphatic heterocycles. The second kappa shape index (κ2) is 5.23. The number of aromatic nitrogens is 4. The number of fused-ring (bicyclic) bond motifs is 1. The van der Waals surface area contributed by atoms with E-state index in [-0.39, 0.29) is 11.5 Å². The van der Waals surface area contributed by atoms with E-state index in [2.05, 4.69) is 15.0 Å². The monoisotopic (exact) mass is 331 g/mol. The number of imidazole rings is 1. The summed E-state index contributed by atoms with van der Waals surface area (Å²) in [5.74, 6) is 0.151. The van der Waals surface area contributed by atoms with E-state index in [1.807, 2.05) is 0 Å². The number of ether oxygens (including phenoxy) is 1. The standard InChI is InChI=1S/C10H14N5O6P/c1-22(18,19)21-10-6(17)5(16)9(20-10)15-3-14-4-7(11)12-2-13-8(4)15/h2-3,5-6,9-10,16-17H,1H3,(H,18,19)(H2,11,12,13)/t5-,6+,9-,10-/m1/s1. The Balaban J connectivity index is 1.94. The van der Waals surface area contributed by atoms with E-state index in [0.29, 0.717) is 5.52 Å². The molecule has 1 aliphatic rings. The second-order valence-corrected chi connectivity index (χ2v) is 6.68. The molecular formula is C10H14N5O6P. The summed E-state index contributed by atoms with van der Waals surface area (Å²) in [6.45, 7) is 0.948. The summed E-state index contributed by atoms with van der Waals surface area (Å²) in [6.07, 6.45) is -2.96. The first kappa shape index (κ1) is 15.3. The maximum atomic E-state index is 11.3. The molecule has 0 bridgehead atoms. The predicted octanol–water partition coefficient (Wildman–Crippen LogP) is -1.18. The molecule has 0 radical (unpaired) electrons. The molecule has 1 saturated heterocycles. The zero-order chi connectivity index (χ0) is 16.1. The van der Waals surface area contributed by atoms with E-state index in [1.165, 1.54) is 17.2 Å². The van der Waals surface area contributed by atoms with Crippen LogP contribution in [0.5, 0.6) is 0 Å². The third-order valence-electron chi connectivity index (χ3n) is 3.16. The summed E-state index contributed by atoms with van der Waals surface area (Å²) in [5.41, 5.74) is 6.26. The Bertz CT molecular complexity index is 746.